The van der Waals surface area contributed by atoms with Crippen LogP contribution in [0.2, 0.25) is 5.02 Å². The van der Waals surface area contributed by atoms with Gasteiger partial charge in [0.1, 0.15) is 0 Å². The van der Waals surface area contributed by atoms with Gasteiger partial charge in [-0.2, -0.15) is 0 Å². The number of aromatic nitrogens is 1. The molecule has 3 nitrogen and oxygen atoms in total. The molecule has 1 unspecified atom stereocenters. The lowest BCUT2D eigenvalue weighted by atomic mass is 10.0. The van der Waals surface area contributed by atoms with Gasteiger partial charge in [0, 0.05) is 54.1 Å². The van der Waals surface area contributed by atoms with E-state index >= 15 is 0 Å². The monoisotopic (exact) mass is 401 g/mol. The number of halogens is 3. The van der Waals surface area contributed by atoms with E-state index in [9.17, 15) is 0 Å². The van der Waals surface area contributed by atoms with E-state index in [0.717, 1.165) is 35.7 Å². The number of hydrogen-bond donors (Lipinski definition) is 1. The second-order valence-electron chi connectivity index (χ2n) is 5.21. The molecule has 2 aromatic rings. The summed E-state index contributed by atoms with van der Waals surface area (Å²) in [5.74, 6) is 0. The van der Waals surface area contributed by atoms with Gasteiger partial charge in [-0.15, -0.1) is 12.4 Å². The summed E-state index contributed by atoms with van der Waals surface area (Å²) >= 11 is 9.75. The molecule has 1 aliphatic rings. The van der Waals surface area contributed by atoms with Gasteiger partial charge in [0.15, 0.2) is 0 Å². The van der Waals surface area contributed by atoms with Crippen molar-refractivity contribution < 1.29 is 0 Å². The Morgan fingerprint density at radius 2 is 2.23 bits per heavy atom. The average Bonchev–Trinajstić information content (AvgIpc) is 2.52. The SMILES string of the molecule is Cl.Clc1ccc(Br)c(CN2CCNCC2c2cccnc2)c1. The molecule has 118 valence electrons. The van der Waals surface area contributed by atoms with Crippen molar-refractivity contribution in [3.63, 3.8) is 0 Å². The molecule has 1 N–H and O–H groups in total. The summed E-state index contributed by atoms with van der Waals surface area (Å²) in [6.07, 6.45) is 3.77. The molecule has 2 heterocycles. The highest BCUT2D eigenvalue weighted by Crippen LogP contribution is 2.27. The molecule has 6 heteroatoms. The van der Waals surface area contributed by atoms with E-state index in [-0.39, 0.29) is 12.4 Å². The predicted molar refractivity (Wildman–Crippen MR) is 96.7 cm³/mol. The molecule has 22 heavy (non-hydrogen) atoms. The Hall–Kier alpha value is -0.650. The maximum Gasteiger partial charge on any atom is 0.0492 e. The lowest BCUT2D eigenvalue weighted by Gasteiger charge is -2.36. The first-order valence-electron chi connectivity index (χ1n) is 7.02. The Morgan fingerprint density at radius 1 is 1.36 bits per heavy atom. The maximum atomic E-state index is 6.13. The molecule has 1 aromatic carbocycles. The number of benzene rings is 1. The molecule has 0 amide bonds. The summed E-state index contributed by atoms with van der Waals surface area (Å²) in [6, 6.07) is 10.4. The Balaban J connectivity index is 0.00000176. The van der Waals surface area contributed by atoms with Crippen LogP contribution in [0.25, 0.3) is 0 Å². The molecule has 0 saturated carbocycles. The minimum absolute atomic E-state index is 0. The van der Waals surface area contributed by atoms with Crippen LogP contribution in [0.1, 0.15) is 17.2 Å². The zero-order valence-electron chi connectivity index (χ0n) is 12.0. The third-order valence-electron chi connectivity index (χ3n) is 3.80. The number of nitrogens with zero attached hydrogens (tertiary/aromatic N) is 2. The van der Waals surface area contributed by atoms with Crippen LogP contribution in [-0.4, -0.2) is 29.5 Å². The van der Waals surface area contributed by atoms with E-state index in [2.05, 4.69) is 37.2 Å². The van der Waals surface area contributed by atoms with Crippen LogP contribution in [0.15, 0.2) is 47.2 Å². The first-order valence-corrected chi connectivity index (χ1v) is 8.20. The molecular formula is C16H18BrCl2N3. The molecule has 1 fully saturated rings. The first-order chi connectivity index (χ1) is 10.2. The van der Waals surface area contributed by atoms with Crippen LogP contribution in [0.4, 0.5) is 0 Å². The van der Waals surface area contributed by atoms with E-state index in [1.807, 2.05) is 36.7 Å². The number of rotatable bonds is 3. The lowest BCUT2D eigenvalue weighted by Crippen LogP contribution is -2.45. The summed E-state index contributed by atoms with van der Waals surface area (Å²) in [5, 5.41) is 4.25. The normalized spacial score (nSPS) is 18.7. The smallest absolute Gasteiger partial charge is 0.0492 e. The molecule has 1 atom stereocenters. The fourth-order valence-corrected chi connectivity index (χ4v) is 3.29. The van der Waals surface area contributed by atoms with Crippen molar-refractivity contribution in [1.29, 1.82) is 0 Å². The fourth-order valence-electron chi connectivity index (χ4n) is 2.72. The number of pyridine rings is 1. The second kappa shape index (κ2) is 8.27. The van der Waals surface area contributed by atoms with Crippen LogP contribution >= 0.6 is 39.9 Å². The lowest BCUT2D eigenvalue weighted by molar-refractivity contribution is 0.153. The molecule has 1 saturated heterocycles. The van der Waals surface area contributed by atoms with Crippen molar-refractivity contribution in [2.75, 3.05) is 19.6 Å². The molecule has 1 aromatic heterocycles. The highest BCUT2D eigenvalue weighted by atomic mass is 79.9. The van der Waals surface area contributed by atoms with E-state index in [0.29, 0.717) is 6.04 Å². The summed E-state index contributed by atoms with van der Waals surface area (Å²) in [7, 11) is 0. The van der Waals surface area contributed by atoms with E-state index in [4.69, 9.17) is 11.6 Å². The fraction of sp³-hybridized carbons (Fsp3) is 0.312. The summed E-state index contributed by atoms with van der Waals surface area (Å²) in [4.78, 5) is 6.72. The van der Waals surface area contributed by atoms with Gasteiger partial charge in [-0.05, 0) is 35.4 Å². The largest absolute Gasteiger partial charge is 0.314 e. The van der Waals surface area contributed by atoms with E-state index in [1.54, 1.807) is 0 Å². The number of nitrogens with one attached hydrogen (secondary N) is 1. The van der Waals surface area contributed by atoms with Crippen LogP contribution in [0, 0.1) is 0 Å². The van der Waals surface area contributed by atoms with Gasteiger partial charge in [0.2, 0.25) is 0 Å². The van der Waals surface area contributed by atoms with Crippen LogP contribution in [0.3, 0.4) is 0 Å². The van der Waals surface area contributed by atoms with Crippen molar-refractivity contribution >= 4 is 39.9 Å². The van der Waals surface area contributed by atoms with Gasteiger partial charge in [-0.1, -0.05) is 33.6 Å². The van der Waals surface area contributed by atoms with Crippen LogP contribution < -0.4 is 5.32 Å². The highest BCUT2D eigenvalue weighted by Gasteiger charge is 2.24. The molecule has 0 aliphatic carbocycles. The van der Waals surface area contributed by atoms with Crippen molar-refractivity contribution in [2.45, 2.75) is 12.6 Å². The van der Waals surface area contributed by atoms with Crippen LogP contribution in [0.5, 0.6) is 0 Å². The summed E-state index contributed by atoms with van der Waals surface area (Å²) < 4.78 is 1.11. The van der Waals surface area contributed by atoms with Gasteiger partial charge in [0.25, 0.3) is 0 Å². The van der Waals surface area contributed by atoms with Crippen molar-refractivity contribution in [2.24, 2.45) is 0 Å². The minimum Gasteiger partial charge on any atom is -0.314 e. The van der Waals surface area contributed by atoms with E-state index in [1.165, 1.54) is 11.1 Å². The summed E-state index contributed by atoms with van der Waals surface area (Å²) in [5.41, 5.74) is 2.47. The van der Waals surface area contributed by atoms with Crippen LogP contribution in [-0.2, 0) is 6.54 Å². The maximum absolute atomic E-state index is 6.13. The minimum atomic E-state index is 0. The van der Waals surface area contributed by atoms with Gasteiger partial charge < -0.3 is 5.32 Å². The Bertz CT molecular complexity index is 610. The summed E-state index contributed by atoms with van der Waals surface area (Å²) in [6.45, 7) is 3.85. The van der Waals surface area contributed by atoms with Gasteiger partial charge in [-0.3, -0.25) is 9.88 Å². The standard InChI is InChI=1S/C16H17BrClN3.ClH/c17-15-4-3-14(18)8-13(15)11-21-7-6-20-10-16(21)12-2-1-5-19-9-12;/h1-5,8-9,16,20H,6-7,10-11H2;1H. The van der Waals surface area contributed by atoms with E-state index < -0.39 is 0 Å². The topological polar surface area (TPSA) is 28.2 Å². The predicted octanol–water partition coefficient (Wildman–Crippen LogP) is 4.07. The third kappa shape index (κ3) is 4.21. The van der Waals surface area contributed by atoms with Gasteiger partial charge in [0.05, 0.1) is 0 Å². The Morgan fingerprint density at radius 3 is 3.00 bits per heavy atom. The quantitative estimate of drug-likeness (QED) is 0.838. The van der Waals surface area contributed by atoms with Crippen molar-refractivity contribution in [3.8, 4) is 0 Å². The number of hydrogen-bond acceptors (Lipinski definition) is 3. The molecule has 3 rings (SSSR count). The molecular weight excluding hydrogens is 385 g/mol. The Kier molecular flexibility index (Phi) is 6.66. The third-order valence-corrected chi connectivity index (χ3v) is 4.81. The first kappa shape index (κ1) is 17.7. The molecule has 1 aliphatic heterocycles. The highest BCUT2D eigenvalue weighted by molar-refractivity contribution is 9.10. The zero-order valence-corrected chi connectivity index (χ0v) is 15.2. The Labute approximate surface area is 150 Å². The van der Waals surface area contributed by atoms with Crippen molar-refractivity contribution in [3.05, 3.63) is 63.3 Å². The van der Waals surface area contributed by atoms with Crippen molar-refractivity contribution in [1.82, 2.24) is 15.2 Å². The molecule has 0 bridgehead atoms. The molecule has 0 spiro atoms. The second-order valence-corrected chi connectivity index (χ2v) is 6.50. The van der Waals surface area contributed by atoms with Gasteiger partial charge in [-0.25, -0.2) is 0 Å². The molecule has 0 radical (unpaired) electrons. The zero-order chi connectivity index (χ0) is 14.7. The van der Waals surface area contributed by atoms with Gasteiger partial charge >= 0.3 is 0 Å². The average molecular weight is 403 g/mol. The number of piperazine rings is 1.